The van der Waals surface area contributed by atoms with Crippen molar-refractivity contribution in [1.29, 1.82) is 0 Å². The van der Waals surface area contributed by atoms with Crippen LogP contribution in [0.15, 0.2) is 48.8 Å². The second-order valence-electron chi connectivity index (χ2n) is 4.73. The van der Waals surface area contributed by atoms with Crippen molar-refractivity contribution in [2.75, 3.05) is 13.7 Å². The third-order valence-electron chi connectivity index (χ3n) is 3.07. The summed E-state index contributed by atoms with van der Waals surface area (Å²) in [5.74, 6) is -0.289. The molecule has 0 fully saturated rings. The van der Waals surface area contributed by atoms with Gasteiger partial charge in [0.15, 0.2) is 0 Å². The summed E-state index contributed by atoms with van der Waals surface area (Å²) in [7, 11) is 1.63. The maximum absolute atomic E-state index is 11.9. The van der Waals surface area contributed by atoms with Gasteiger partial charge < -0.3 is 9.47 Å². The van der Waals surface area contributed by atoms with Crippen molar-refractivity contribution >= 4 is 5.97 Å². The number of carbonyl (C=O) groups is 1. The van der Waals surface area contributed by atoms with E-state index >= 15 is 0 Å². The molecular weight excluding hydrogens is 266 g/mol. The van der Waals surface area contributed by atoms with Gasteiger partial charge in [-0.3, -0.25) is 4.98 Å². The van der Waals surface area contributed by atoms with E-state index in [1.807, 2.05) is 24.3 Å². The number of aromatic nitrogens is 1. The molecule has 0 bridgehead atoms. The molecule has 1 heterocycles. The van der Waals surface area contributed by atoms with E-state index in [-0.39, 0.29) is 5.97 Å². The van der Waals surface area contributed by atoms with Gasteiger partial charge in [0.25, 0.3) is 0 Å². The fraction of sp³-hybridized carbons (Fsp3) is 0.294. The molecule has 4 heteroatoms. The number of aryl methyl sites for hydroxylation is 1. The Morgan fingerprint density at radius 3 is 2.71 bits per heavy atom. The quantitative estimate of drug-likeness (QED) is 0.579. The molecule has 0 amide bonds. The van der Waals surface area contributed by atoms with E-state index in [9.17, 15) is 4.79 Å². The van der Waals surface area contributed by atoms with Crippen molar-refractivity contribution in [3.05, 3.63) is 65.5 Å². The molecule has 0 radical (unpaired) electrons. The van der Waals surface area contributed by atoms with Crippen LogP contribution in [0.1, 0.15) is 27.9 Å². The van der Waals surface area contributed by atoms with E-state index in [1.54, 1.807) is 31.6 Å². The summed E-state index contributed by atoms with van der Waals surface area (Å²) in [6, 6.07) is 11.2. The van der Waals surface area contributed by atoms with E-state index in [0.29, 0.717) is 18.8 Å². The lowest BCUT2D eigenvalue weighted by Crippen LogP contribution is -2.07. The van der Waals surface area contributed by atoms with Gasteiger partial charge in [-0.2, -0.15) is 0 Å². The molecule has 21 heavy (non-hydrogen) atoms. The fourth-order valence-corrected chi connectivity index (χ4v) is 2.03. The van der Waals surface area contributed by atoms with Crippen LogP contribution in [0, 0.1) is 0 Å². The zero-order chi connectivity index (χ0) is 14.9. The summed E-state index contributed by atoms with van der Waals surface area (Å²) in [6.07, 6.45) is 5.21. The lowest BCUT2D eigenvalue weighted by atomic mass is 10.1. The fourth-order valence-electron chi connectivity index (χ4n) is 2.03. The van der Waals surface area contributed by atoms with E-state index in [0.717, 1.165) is 18.4 Å². The Balaban J connectivity index is 1.78. The monoisotopic (exact) mass is 285 g/mol. The van der Waals surface area contributed by atoms with Gasteiger partial charge in [-0.1, -0.05) is 12.1 Å². The lowest BCUT2D eigenvalue weighted by Gasteiger charge is -2.06. The Morgan fingerprint density at radius 1 is 1.14 bits per heavy atom. The summed E-state index contributed by atoms with van der Waals surface area (Å²) < 4.78 is 10.3. The molecule has 0 atom stereocenters. The van der Waals surface area contributed by atoms with Crippen LogP contribution in [0.25, 0.3) is 0 Å². The number of ether oxygens (including phenoxy) is 2. The van der Waals surface area contributed by atoms with Crippen LogP contribution in [0.3, 0.4) is 0 Å². The highest BCUT2D eigenvalue weighted by Crippen LogP contribution is 2.08. The van der Waals surface area contributed by atoms with Gasteiger partial charge >= 0.3 is 5.97 Å². The summed E-state index contributed by atoms with van der Waals surface area (Å²) in [6.45, 7) is 0.902. The highest BCUT2D eigenvalue weighted by molar-refractivity contribution is 5.89. The van der Waals surface area contributed by atoms with Gasteiger partial charge in [0.05, 0.1) is 18.8 Å². The van der Waals surface area contributed by atoms with Gasteiger partial charge in [0.2, 0.25) is 0 Å². The predicted octanol–water partition coefficient (Wildman–Crippen LogP) is 3.02. The molecule has 2 aromatic rings. The highest BCUT2D eigenvalue weighted by Gasteiger charge is 2.07. The Labute approximate surface area is 124 Å². The van der Waals surface area contributed by atoms with E-state index in [1.165, 1.54) is 5.56 Å². The van der Waals surface area contributed by atoms with E-state index < -0.39 is 0 Å². The van der Waals surface area contributed by atoms with Crippen molar-refractivity contribution < 1.29 is 14.3 Å². The molecule has 0 saturated carbocycles. The number of pyridine rings is 1. The number of hydrogen-bond donors (Lipinski definition) is 0. The highest BCUT2D eigenvalue weighted by atomic mass is 16.5. The van der Waals surface area contributed by atoms with Crippen LogP contribution < -0.4 is 0 Å². The van der Waals surface area contributed by atoms with Gasteiger partial charge in [-0.05, 0) is 48.2 Å². The molecule has 0 aliphatic carbocycles. The summed E-state index contributed by atoms with van der Waals surface area (Å²) in [4.78, 5) is 15.9. The Kier molecular flexibility index (Phi) is 5.91. The zero-order valence-corrected chi connectivity index (χ0v) is 12.1. The summed E-state index contributed by atoms with van der Waals surface area (Å²) in [5.41, 5.74) is 2.72. The largest absolute Gasteiger partial charge is 0.462 e. The molecule has 0 saturated heterocycles. The van der Waals surface area contributed by atoms with Crippen LogP contribution in [-0.4, -0.2) is 24.7 Å². The first-order valence-corrected chi connectivity index (χ1v) is 6.93. The first-order chi connectivity index (χ1) is 10.3. The molecule has 4 nitrogen and oxygen atoms in total. The first kappa shape index (κ1) is 15.2. The van der Waals surface area contributed by atoms with Crippen molar-refractivity contribution in [2.24, 2.45) is 0 Å². The molecule has 1 aromatic heterocycles. The van der Waals surface area contributed by atoms with Crippen LogP contribution in [0.4, 0.5) is 0 Å². The van der Waals surface area contributed by atoms with E-state index in [4.69, 9.17) is 9.47 Å². The Hall–Kier alpha value is -2.20. The number of nitrogens with zero attached hydrogens (tertiary/aromatic N) is 1. The third kappa shape index (κ3) is 5.00. The molecule has 1 aromatic carbocycles. The Bertz CT molecular complexity index is 569. The topological polar surface area (TPSA) is 48.4 Å². The maximum atomic E-state index is 11.9. The summed E-state index contributed by atoms with van der Waals surface area (Å²) >= 11 is 0. The first-order valence-electron chi connectivity index (χ1n) is 6.93. The SMILES string of the molecule is COCc1cccc(C(=O)OCCCc2ccncc2)c1. The van der Waals surface area contributed by atoms with Gasteiger partial charge in [0.1, 0.15) is 0 Å². The van der Waals surface area contributed by atoms with Crippen molar-refractivity contribution in [3.63, 3.8) is 0 Å². The average Bonchev–Trinajstić information content (AvgIpc) is 2.53. The van der Waals surface area contributed by atoms with Gasteiger partial charge in [-0.25, -0.2) is 4.79 Å². The van der Waals surface area contributed by atoms with Crippen molar-refractivity contribution in [3.8, 4) is 0 Å². The van der Waals surface area contributed by atoms with Crippen LogP contribution >= 0.6 is 0 Å². The molecule has 0 aliphatic rings. The maximum Gasteiger partial charge on any atom is 0.338 e. The number of hydrogen-bond acceptors (Lipinski definition) is 4. The molecule has 2 rings (SSSR count). The molecule has 110 valence electrons. The Morgan fingerprint density at radius 2 is 1.95 bits per heavy atom. The van der Waals surface area contributed by atoms with Crippen LogP contribution in [0.2, 0.25) is 0 Å². The number of carbonyl (C=O) groups excluding carboxylic acids is 1. The third-order valence-corrected chi connectivity index (χ3v) is 3.07. The minimum atomic E-state index is -0.289. The molecule has 0 spiro atoms. The zero-order valence-electron chi connectivity index (χ0n) is 12.1. The molecular formula is C17H19NO3. The summed E-state index contributed by atoms with van der Waals surface area (Å²) in [5, 5.41) is 0. The normalized spacial score (nSPS) is 10.3. The second-order valence-corrected chi connectivity index (χ2v) is 4.73. The minimum absolute atomic E-state index is 0.289. The van der Waals surface area contributed by atoms with Gasteiger partial charge in [0, 0.05) is 19.5 Å². The van der Waals surface area contributed by atoms with E-state index in [2.05, 4.69) is 4.98 Å². The predicted molar refractivity (Wildman–Crippen MR) is 80.0 cm³/mol. The molecule has 0 aliphatic heterocycles. The second kappa shape index (κ2) is 8.17. The number of benzene rings is 1. The molecule has 0 unspecified atom stereocenters. The number of esters is 1. The van der Waals surface area contributed by atoms with Crippen LogP contribution in [0.5, 0.6) is 0 Å². The van der Waals surface area contributed by atoms with Crippen molar-refractivity contribution in [2.45, 2.75) is 19.4 Å². The van der Waals surface area contributed by atoms with Gasteiger partial charge in [-0.15, -0.1) is 0 Å². The standard InChI is InChI=1S/C17H19NO3/c1-20-13-15-4-2-6-16(12-15)17(19)21-11-3-5-14-7-9-18-10-8-14/h2,4,6-10,12H,3,5,11,13H2,1H3. The average molecular weight is 285 g/mol. The number of methoxy groups -OCH3 is 1. The van der Waals surface area contributed by atoms with Crippen molar-refractivity contribution in [1.82, 2.24) is 4.98 Å². The minimum Gasteiger partial charge on any atom is -0.462 e. The smallest absolute Gasteiger partial charge is 0.338 e. The van der Waals surface area contributed by atoms with Crippen LogP contribution in [-0.2, 0) is 22.5 Å². The lowest BCUT2D eigenvalue weighted by molar-refractivity contribution is 0.0500. The molecule has 0 N–H and O–H groups in total. The number of rotatable bonds is 7.